The Hall–Kier alpha value is -3.46. The third-order valence-electron chi connectivity index (χ3n) is 5.76. The van der Waals surface area contributed by atoms with Crippen LogP contribution in [0.3, 0.4) is 0 Å². The average Bonchev–Trinajstić information content (AvgIpc) is 3.34. The third kappa shape index (κ3) is 3.58. The van der Waals surface area contributed by atoms with Crippen molar-refractivity contribution in [3.05, 3.63) is 59.2 Å². The summed E-state index contributed by atoms with van der Waals surface area (Å²) in [6.45, 7) is -0.208. The molecule has 1 atom stereocenters. The number of fused-ring (bicyclic) bond motifs is 3. The van der Waals surface area contributed by atoms with Crippen LogP contribution in [-0.4, -0.2) is 61.5 Å². The minimum absolute atomic E-state index is 0.102. The van der Waals surface area contributed by atoms with Gasteiger partial charge in [0.2, 0.25) is 0 Å². The van der Waals surface area contributed by atoms with Gasteiger partial charge in [0.15, 0.2) is 6.54 Å². The summed E-state index contributed by atoms with van der Waals surface area (Å²) in [5, 5.41) is 2.50. The molecule has 166 valence electrons. The van der Waals surface area contributed by atoms with Crippen LogP contribution in [0.5, 0.6) is 0 Å². The SMILES string of the molecule is COC(=O)C1=[N+](C(=O)CNC(=O)c2ccc3c(c2)-c2ccccc2C3(F)F)C[C@H](OC)C1. The lowest BCUT2D eigenvalue weighted by Gasteiger charge is -2.12. The van der Waals surface area contributed by atoms with E-state index in [-0.39, 0.29) is 53.6 Å². The first-order valence-electron chi connectivity index (χ1n) is 9.95. The van der Waals surface area contributed by atoms with Gasteiger partial charge in [-0.15, -0.1) is 0 Å². The number of carbonyl (C=O) groups excluding carboxylic acids is 3. The normalized spacial score (nSPS) is 18.2. The maximum atomic E-state index is 14.7. The first-order valence-corrected chi connectivity index (χ1v) is 9.95. The number of nitrogens with zero attached hydrogens (tertiary/aromatic N) is 1. The van der Waals surface area contributed by atoms with Crippen LogP contribution in [0.4, 0.5) is 8.78 Å². The van der Waals surface area contributed by atoms with Crippen molar-refractivity contribution in [3.63, 3.8) is 0 Å². The fourth-order valence-corrected chi connectivity index (χ4v) is 4.10. The molecule has 32 heavy (non-hydrogen) atoms. The molecule has 7 nitrogen and oxygen atoms in total. The highest BCUT2D eigenvalue weighted by molar-refractivity contribution is 6.35. The molecule has 1 aliphatic carbocycles. The fraction of sp³-hybridized carbons (Fsp3) is 0.304. The van der Waals surface area contributed by atoms with Gasteiger partial charge in [-0.05, 0) is 23.3 Å². The quantitative estimate of drug-likeness (QED) is 0.565. The predicted octanol–water partition coefficient (Wildman–Crippen LogP) is 2.11. The Balaban J connectivity index is 1.52. The number of carbonyl (C=O) groups is 3. The molecule has 0 saturated carbocycles. The Morgan fingerprint density at radius 2 is 1.81 bits per heavy atom. The lowest BCUT2D eigenvalue weighted by atomic mass is 10.0. The Morgan fingerprint density at radius 3 is 2.53 bits per heavy atom. The molecular formula is C23H21F2N2O5+. The van der Waals surface area contributed by atoms with Crippen molar-refractivity contribution in [1.29, 1.82) is 0 Å². The van der Waals surface area contributed by atoms with Gasteiger partial charge < -0.3 is 14.8 Å². The first kappa shape index (κ1) is 21.8. The van der Waals surface area contributed by atoms with Crippen LogP contribution in [-0.2, 0) is 25.0 Å². The molecule has 0 saturated heterocycles. The summed E-state index contributed by atoms with van der Waals surface area (Å²) in [5.74, 6) is -4.86. The van der Waals surface area contributed by atoms with Gasteiger partial charge in [0, 0.05) is 23.8 Å². The summed E-state index contributed by atoms with van der Waals surface area (Å²) in [4.78, 5) is 37.2. The second-order valence-electron chi connectivity index (χ2n) is 7.57. The molecule has 0 fully saturated rings. The summed E-state index contributed by atoms with van der Waals surface area (Å²) in [5.41, 5.74) is 0.709. The number of methoxy groups -OCH3 is 2. The van der Waals surface area contributed by atoms with Gasteiger partial charge in [-0.3, -0.25) is 4.79 Å². The van der Waals surface area contributed by atoms with Crippen molar-refractivity contribution < 1.29 is 37.2 Å². The molecule has 0 radical (unpaired) electrons. The van der Waals surface area contributed by atoms with E-state index in [4.69, 9.17) is 9.47 Å². The molecule has 0 spiro atoms. The van der Waals surface area contributed by atoms with Crippen LogP contribution in [0.15, 0.2) is 42.5 Å². The van der Waals surface area contributed by atoms with Crippen molar-refractivity contribution >= 4 is 23.5 Å². The number of nitrogens with one attached hydrogen (secondary N) is 1. The molecule has 0 bridgehead atoms. The molecule has 1 heterocycles. The first-order chi connectivity index (χ1) is 15.3. The predicted molar refractivity (Wildman–Crippen MR) is 110 cm³/mol. The van der Waals surface area contributed by atoms with Crippen LogP contribution < -0.4 is 5.32 Å². The van der Waals surface area contributed by atoms with Gasteiger partial charge in [-0.1, -0.05) is 30.3 Å². The monoisotopic (exact) mass is 443 g/mol. The Morgan fingerprint density at radius 1 is 1.09 bits per heavy atom. The van der Waals surface area contributed by atoms with E-state index in [2.05, 4.69) is 5.32 Å². The van der Waals surface area contributed by atoms with Gasteiger partial charge in [-0.2, -0.15) is 13.4 Å². The average molecular weight is 443 g/mol. The Kier molecular flexibility index (Phi) is 5.60. The third-order valence-corrected chi connectivity index (χ3v) is 5.76. The number of hydrogen-bond acceptors (Lipinski definition) is 5. The highest BCUT2D eigenvalue weighted by Gasteiger charge is 2.44. The summed E-state index contributed by atoms with van der Waals surface area (Å²) >= 11 is 0. The lowest BCUT2D eigenvalue weighted by molar-refractivity contribution is -0.447. The minimum Gasteiger partial charge on any atom is -0.461 e. The van der Waals surface area contributed by atoms with Gasteiger partial charge in [0.05, 0.1) is 13.5 Å². The van der Waals surface area contributed by atoms with Gasteiger partial charge in [0.1, 0.15) is 12.6 Å². The number of benzene rings is 2. The number of ether oxygens (including phenoxy) is 2. The van der Waals surface area contributed by atoms with Crippen LogP contribution in [0.1, 0.15) is 27.9 Å². The highest BCUT2D eigenvalue weighted by Crippen LogP contribution is 2.50. The molecule has 4 rings (SSSR count). The summed E-state index contributed by atoms with van der Waals surface area (Å²) < 4.78 is 40.5. The smallest absolute Gasteiger partial charge is 0.406 e. The lowest BCUT2D eigenvalue weighted by Crippen LogP contribution is -2.38. The van der Waals surface area contributed by atoms with Crippen LogP contribution >= 0.6 is 0 Å². The Labute approximate surface area is 182 Å². The van der Waals surface area contributed by atoms with E-state index in [1.54, 1.807) is 18.2 Å². The number of esters is 1. The van der Waals surface area contributed by atoms with Crippen molar-refractivity contribution in [2.24, 2.45) is 0 Å². The number of hydrogen-bond donors (Lipinski definition) is 1. The number of amides is 2. The van der Waals surface area contributed by atoms with Gasteiger partial charge >= 0.3 is 11.9 Å². The molecule has 2 amide bonds. The van der Waals surface area contributed by atoms with E-state index in [9.17, 15) is 23.2 Å². The van der Waals surface area contributed by atoms with E-state index in [1.807, 2.05) is 0 Å². The second kappa shape index (κ2) is 8.23. The molecule has 9 heteroatoms. The summed E-state index contributed by atoms with van der Waals surface area (Å²) in [7, 11) is 2.69. The van der Waals surface area contributed by atoms with Gasteiger partial charge in [0.25, 0.3) is 17.5 Å². The zero-order valence-electron chi connectivity index (χ0n) is 17.5. The molecular weight excluding hydrogens is 422 g/mol. The zero-order valence-corrected chi connectivity index (χ0v) is 17.5. The van der Waals surface area contributed by atoms with E-state index < -0.39 is 23.7 Å². The minimum atomic E-state index is -3.13. The second-order valence-corrected chi connectivity index (χ2v) is 7.57. The van der Waals surface area contributed by atoms with Crippen LogP contribution in [0, 0.1) is 0 Å². The van der Waals surface area contributed by atoms with E-state index >= 15 is 0 Å². The van der Waals surface area contributed by atoms with Crippen LogP contribution in [0.2, 0.25) is 0 Å². The Bertz CT molecular complexity index is 1160. The fourth-order valence-electron chi connectivity index (χ4n) is 4.10. The van der Waals surface area contributed by atoms with E-state index in [0.717, 1.165) is 0 Å². The molecule has 1 N–H and O–H groups in total. The zero-order chi connectivity index (χ0) is 23.0. The maximum absolute atomic E-state index is 14.7. The number of rotatable bonds is 5. The van der Waals surface area contributed by atoms with Crippen molar-refractivity contribution in [2.75, 3.05) is 27.3 Å². The number of halogens is 2. The van der Waals surface area contributed by atoms with Crippen molar-refractivity contribution in [3.8, 4) is 11.1 Å². The highest BCUT2D eigenvalue weighted by atomic mass is 19.3. The molecule has 2 aromatic rings. The molecule has 2 aromatic carbocycles. The summed E-state index contributed by atoms with van der Waals surface area (Å²) in [6, 6.07) is 10.1. The molecule has 0 unspecified atom stereocenters. The number of alkyl halides is 2. The van der Waals surface area contributed by atoms with E-state index in [0.29, 0.717) is 5.56 Å². The van der Waals surface area contributed by atoms with Crippen molar-refractivity contribution in [1.82, 2.24) is 5.32 Å². The van der Waals surface area contributed by atoms with Gasteiger partial charge in [-0.25, -0.2) is 9.59 Å². The molecule has 2 aliphatic rings. The van der Waals surface area contributed by atoms with E-state index in [1.165, 1.54) is 43.1 Å². The maximum Gasteiger partial charge on any atom is 0.406 e. The standard InChI is InChI=1S/C23H20F2N2O5/c1-31-14-10-19(22(30)32-2)27(12-14)20(28)11-26-21(29)13-7-8-18-16(9-13)15-5-3-4-6-17(15)23(18,24)25/h3-9,14H,10-12H2,1-2H3/p+1/t14-/m1/s1. The largest absolute Gasteiger partial charge is 0.461 e. The van der Waals surface area contributed by atoms with Crippen molar-refractivity contribution in [2.45, 2.75) is 18.4 Å². The molecule has 1 aliphatic heterocycles. The van der Waals surface area contributed by atoms with Crippen LogP contribution in [0.25, 0.3) is 11.1 Å². The summed E-state index contributed by atoms with van der Waals surface area (Å²) in [6.07, 6.45) is -0.122. The molecule has 0 aromatic heterocycles. The topological polar surface area (TPSA) is 84.7 Å².